The zero-order valence-electron chi connectivity index (χ0n) is 15.9. The van der Waals surface area contributed by atoms with E-state index in [1.54, 1.807) is 0 Å². The predicted molar refractivity (Wildman–Crippen MR) is 114 cm³/mol. The first-order chi connectivity index (χ1) is 13.8. The van der Waals surface area contributed by atoms with Crippen LogP contribution in [0.5, 0.6) is 5.75 Å². The van der Waals surface area contributed by atoms with Crippen LogP contribution in [-0.2, 0) is 19.3 Å². The maximum atomic E-state index is 5.67. The highest BCUT2D eigenvalue weighted by atomic mass is 16.5. The number of hydrogen-bond donors (Lipinski definition) is 2. The Hall–Kier alpha value is -2.94. The van der Waals surface area contributed by atoms with E-state index in [0.717, 1.165) is 38.2 Å². The first-order valence-corrected chi connectivity index (χ1v) is 10.3. The van der Waals surface area contributed by atoms with Crippen LogP contribution in [-0.4, -0.2) is 13.2 Å². The van der Waals surface area contributed by atoms with E-state index in [-0.39, 0.29) is 0 Å². The summed E-state index contributed by atoms with van der Waals surface area (Å²) >= 11 is 0. The van der Waals surface area contributed by atoms with E-state index in [4.69, 9.17) is 4.74 Å². The molecule has 6 rings (SSSR count). The molecular weight excluding hydrogens is 344 g/mol. The minimum Gasteiger partial charge on any atom is -0.493 e. The summed E-state index contributed by atoms with van der Waals surface area (Å²) in [5.41, 5.74) is 9.61. The molecule has 0 saturated carbocycles. The van der Waals surface area contributed by atoms with E-state index < -0.39 is 0 Å². The van der Waals surface area contributed by atoms with E-state index >= 15 is 0 Å². The average Bonchev–Trinajstić information content (AvgIpc) is 3.39. The molecule has 28 heavy (non-hydrogen) atoms. The van der Waals surface area contributed by atoms with Gasteiger partial charge in [-0.05, 0) is 58.9 Å². The van der Waals surface area contributed by atoms with Gasteiger partial charge in [-0.25, -0.2) is 0 Å². The molecule has 3 aliphatic rings. The summed E-state index contributed by atoms with van der Waals surface area (Å²) in [6.45, 7) is 1.82. The van der Waals surface area contributed by atoms with E-state index in [9.17, 15) is 0 Å². The van der Waals surface area contributed by atoms with Gasteiger partial charge in [0.2, 0.25) is 0 Å². The Balaban J connectivity index is 1.26. The van der Waals surface area contributed by atoms with Crippen molar-refractivity contribution in [3.63, 3.8) is 0 Å². The number of hydrogen-bond acceptors (Lipinski definition) is 3. The monoisotopic (exact) mass is 368 g/mol. The molecule has 0 bridgehead atoms. The van der Waals surface area contributed by atoms with Crippen molar-refractivity contribution >= 4 is 11.4 Å². The summed E-state index contributed by atoms with van der Waals surface area (Å²) in [6.07, 6.45) is 3.20. The predicted octanol–water partition coefficient (Wildman–Crippen LogP) is 5.08. The maximum Gasteiger partial charge on any atom is 0.122 e. The molecule has 0 saturated heterocycles. The molecule has 2 unspecified atom stereocenters. The van der Waals surface area contributed by atoms with Crippen LogP contribution in [0.4, 0.5) is 11.4 Å². The van der Waals surface area contributed by atoms with Crippen molar-refractivity contribution in [2.75, 3.05) is 23.8 Å². The van der Waals surface area contributed by atoms with Gasteiger partial charge in [-0.15, -0.1) is 0 Å². The van der Waals surface area contributed by atoms with Gasteiger partial charge in [0.25, 0.3) is 0 Å². The lowest BCUT2D eigenvalue weighted by Gasteiger charge is -2.28. The quantitative estimate of drug-likeness (QED) is 0.662. The third-order valence-corrected chi connectivity index (χ3v) is 6.49. The van der Waals surface area contributed by atoms with Crippen LogP contribution < -0.4 is 15.4 Å². The highest BCUT2D eigenvalue weighted by Crippen LogP contribution is 2.38. The van der Waals surface area contributed by atoms with Crippen molar-refractivity contribution in [2.24, 2.45) is 0 Å². The summed E-state index contributed by atoms with van der Waals surface area (Å²) in [7, 11) is 0. The fourth-order valence-corrected chi connectivity index (χ4v) is 4.94. The van der Waals surface area contributed by atoms with Crippen LogP contribution in [0.25, 0.3) is 0 Å². The van der Waals surface area contributed by atoms with Crippen molar-refractivity contribution in [3.8, 4) is 5.75 Å². The smallest absolute Gasteiger partial charge is 0.122 e. The first-order valence-electron chi connectivity index (χ1n) is 10.3. The van der Waals surface area contributed by atoms with Crippen LogP contribution in [0, 0.1) is 0 Å². The van der Waals surface area contributed by atoms with Gasteiger partial charge in [-0.1, -0.05) is 42.5 Å². The van der Waals surface area contributed by atoms with E-state index in [1.807, 2.05) is 0 Å². The Morgan fingerprint density at radius 3 is 2.64 bits per heavy atom. The highest BCUT2D eigenvalue weighted by molar-refractivity contribution is 5.61. The second-order valence-corrected chi connectivity index (χ2v) is 8.22. The molecule has 3 heterocycles. The van der Waals surface area contributed by atoms with Gasteiger partial charge in [-0.3, -0.25) is 0 Å². The zero-order chi connectivity index (χ0) is 18.5. The van der Waals surface area contributed by atoms with Crippen molar-refractivity contribution in [1.29, 1.82) is 0 Å². The molecule has 0 fully saturated rings. The van der Waals surface area contributed by atoms with Crippen LogP contribution in [0.1, 0.15) is 39.8 Å². The van der Waals surface area contributed by atoms with Gasteiger partial charge in [0, 0.05) is 30.3 Å². The van der Waals surface area contributed by atoms with Gasteiger partial charge in [-0.2, -0.15) is 0 Å². The fourth-order valence-electron chi connectivity index (χ4n) is 4.94. The summed E-state index contributed by atoms with van der Waals surface area (Å²) in [6, 6.07) is 22.8. The van der Waals surface area contributed by atoms with Crippen LogP contribution in [0.15, 0.2) is 60.7 Å². The molecule has 3 aromatic rings. The Labute approximate surface area is 165 Å². The van der Waals surface area contributed by atoms with Gasteiger partial charge in [0.05, 0.1) is 12.6 Å². The summed E-state index contributed by atoms with van der Waals surface area (Å²) < 4.78 is 5.67. The number of anilines is 2. The minimum atomic E-state index is 0.375. The molecule has 2 N–H and O–H groups in total. The molecule has 3 heteroatoms. The number of ether oxygens (including phenoxy) is 1. The lowest BCUT2D eigenvalue weighted by Crippen LogP contribution is -2.22. The van der Waals surface area contributed by atoms with E-state index in [0.29, 0.717) is 12.0 Å². The number of benzene rings is 3. The maximum absolute atomic E-state index is 5.67. The van der Waals surface area contributed by atoms with Gasteiger partial charge in [0.15, 0.2) is 0 Å². The topological polar surface area (TPSA) is 33.3 Å². The third kappa shape index (κ3) is 2.65. The molecule has 140 valence electrons. The Morgan fingerprint density at radius 1 is 0.786 bits per heavy atom. The molecule has 0 amide bonds. The van der Waals surface area contributed by atoms with Crippen molar-refractivity contribution in [3.05, 3.63) is 88.5 Å². The number of nitrogens with one attached hydrogen (secondary N) is 2. The fraction of sp³-hybridized carbons (Fsp3) is 0.280. The summed E-state index contributed by atoms with van der Waals surface area (Å²) in [5, 5.41) is 7.36. The molecule has 0 radical (unpaired) electrons. The Bertz CT molecular complexity index is 1030. The lowest BCUT2D eigenvalue weighted by atomic mass is 9.86. The molecule has 2 atom stereocenters. The standard InChI is InChI=1S/C25H24N2O/c1-2-4-23-17(3-1)14-24(27-23)18-5-7-22-20(12-18)13-21(15-26-22)16-6-8-25-19(11-16)9-10-28-25/h1-8,11-12,21,24,26-27H,9-10,13-15H2. The Kier molecular flexibility index (Phi) is 3.61. The van der Waals surface area contributed by atoms with E-state index in [2.05, 4.69) is 71.3 Å². The number of rotatable bonds is 2. The molecule has 0 spiro atoms. The molecule has 0 aromatic heterocycles. The lowest BCUT2D eigenvalue weighted by molar-refractivity contribution is 0.357. The highest BCUT2D eigenvalue weighted by Gasteiger charge is 2.25. The molecule has 3 nitrogen and oxygen atoms in total. The second-order valence-electron chi connectivity index (χ2n) is 8.22. The SMILES string of the molecule is c1ccc2c(c1)CC(c1ccc3c(c1)CC(c1ccc4c(c1)CCO4)CN3)N2. The second kappa shape index (κ2) is 6.30. The summed E-state index contributed by atoms with van der Waals surface area (Å²) in [5.74, 6) is 1.59. The van der Waals surface area contributed by atoms with E-state index in [1.165, 1.54) is 39.2 Å². The first kappa shape index (κ1) is 16.1. The largest absolute Gasteiger partial charge is 0.493 e. The van der Waals surface area contributed by atoms with Crippen LogP contribution in [0.3, 0.4) is 0 Å². The molecular formula is C25H24N2O. The molecule has 0 aliphatic carbocycles. The third-order valence-electron chi connectivity index (χ3n) is 6.49. The van der Waals surface area contributed by atoms with Gasteiger partial charge in [0.1, 0.15) is 5.75 Å². The number of para-hydroxylation sites is 1. The van der Waals surface area contributed by atoms with Crippen molar-refractivity contribution in [2.45, 2.75) is 31.2 Å². The van der Waals surface area contributed by atoms with Crippen LogP contribution >= 0.6 is 0 Å². The minimum absolute atomic E-state index is 0.375. The van der Waals surface area contributed by atoms with Gasteiger partial charge >= 0.3 is 0 Å². The van der Waals surface area contributed by atoms with Crippen LogP contribution in [0.2, 0.25) is 0 Å². The zero-order valence-corrected chi connectivity index (χ0v) is 15.9. The average molecular weight is 368 g/mol. The Morgan fingerprint density at radius 2 is 1.68 bits per heavy atom. The van der Waals surface area contributed by atoms with Crippen molar-refractivity contribution in [1.82, 2.24) is 0 Å². The summed E-state index contributed by atoms with van der Waals surface area (Å²) in [4.78, 5) is 0. The normalized spacial score (nSPS) is 21.7. The molecule has 3 aromatic carbocycles. The number of fused-ring (bicyclic) bond motifs is 3. The van der Waals surface area contributed by atoms with Gasteiger partial charge < -0.3 is 15.4 Å². The van der Waals surface area contributed by atoms with Crippen molar-refractivity contribution < 1.29 is 4.74 Å². The molecule has 3 aliphatic heterocycles.